The van der Waals surface area contributed by atoms with Crippen molar-refractivity contribution in [1.29, 1.82) is 5.41 Å². The summed E-state index contributed by atoms with van der Waals surface area (Å²) in [6.07, 6.45) is 1.48. The van der Waals surface area contributed by atoms with Crippen molar-refractivity contribution in [3.8, 4) is 0 Å². The minimum absolute atomic E-state index is 0.0252. The molecule has 12 nitrogen and oxygen atoms in total. The number of carbonyl (C=O) groups excluding carboxylic acids is 2. The van der Waals surface area contributed by atoms with Crippen LogP contribution >= 0.6 is 0 Å². The number of carboxylic acid groups (broad SMARTS) is 1. The van der Waals surface area contributed by atoms with Gasteiger partial charge >= 0.3 is 5.97 Å². The molecule has 1 saturated heterocycles. The van der Waals surface area contributed by atoms with Crippen molar-refractivity contribution >= 4 is 39.5 Å². The number of guanidine groups is 1. The van der Waals surface area contributed by atoms with Crippen LogP contribution in [0, 0.1) is 19.3 Å². The molecule has 1 aliphatic heterocycles. The SMILES string of the molecule is Cc1cc(C)cc(S(=O)(=O)N2CCC[C@H]2C(=O)N[C@@H](Cc2ccc(NC(=O)CCCNC(=N)N)cc2)C(=O)O)c1. The van der Waals surface area contributed by atoms with Crippen LogP contribution < -0.4 is 21.7 Å². The molecule has 216 valence electrons. The lowest BCUT2D eigenvalue weighted by Crippen LogP contribution is -2.51. The maximum atomic E-state index is 13.4. The molecule has 2 aromatic carbocycles. The summed E-state index contributed by atoms with van der Waals surface area (Å²) >= 11 is 0. The van der Waals surface area contributed by atoms with Crippen LogP contribution in [0.4, 0.5) is 5.69 Å². The molecule has 0 aromatic heterocycles. The number of aryl methyl sites for hydroxylation is 2. The van der Waals surface area contributed by atoms with E-state index < -0.39 is 34.0 Å². The van der Waals surface area contributed by atoms with Crippen molar-refractivity contribution in [2.45, 2.75) is 62.9 Å². The first-order valence-corrected chi connectivity index (χ1v) is 14.4. The van der Waals surface area contributed by atoms with Gasteiger partial charge in [-0.1, -0.05) is 18.2 Å². The smallest absolute Gasteiger partial charge is 0.326 e. The maximum absolute atomic E-state index is 13.4. The fourth-order valence-corrected chi connectivity index (χ4v) is 6.48. The molecule has 7 N–H and O–H groups in total. The second kappa shape index (κ2) is 13.4. The number of nitrogens with two attached hydrogens (primary N) is 1. The summed E-state index contributed by atoms with van der Waals surface area (Å²) in [4.78, 5) is 37.3. The third-order valence-corrected chi connectivity index (χ3v) is 8.38. The number of benzene rings is 2. The molecule has 2 atom stereocenters. The molecular formula is C27H36N6O6S. The summed E-state index contributed by atoms with van der Waals surface area (Å²) in [5.74, 6) is -2.27. The average molecular weight is 573 g/mol. The topological polar surface area (TPSA) is 195 Å². The summed E-state index contributed by atoms with van der Waals surface area (Å²) in [5, 5.41) is 24.8. The highest BCUT2D eigenvalue weighted by Gasteiger charge is 2.40. The number of nitrogens with one attached hydrogen (secondary N) is 4. The zero-order valence-corrected chi connectivity index (χ0v) is 23.4. The number of sulfonamides is 1. The number of carboxylic acids is 1. The molecule has 0 saturated carbocycles. The lowest BCUT2D eigenvalue weighted by atomic mass is 10.0. The summed E-state index contributed by atoms with van der Waals surface area (Å²) in [7, 11) is -3.95. The largest absolute Gasteiger partial charge is 0.480 e. The van der Waals surface area contributed by atoms with Gasteiger partial charge in [0.1, 0.15) is 12.1 Å². The Morgan fingerprint density at radius 2 is 1.77 bits per heavy atom. The molecule has 0 spiro atoms. The molecule has 0 unspecified atom stereocenters. The highest BCUT2D eigenvalue weighted by molar-refractivity contribution is 7.89. The van der Waals surface area contributed by atoms with E-state index in [0.717, 1.165) is 15.4 Å². The zero-order chi connectivity index (χ0) is 29.4. The van der Waals surface area contributed by atoms with Crippen molar-refractivity contribution in [2.75, 3.05) is 18.4 Å². The molecule has 13 heteroatoms. The Morgan fingerprint density at radius 1 is 1.12 bits per heavy atom. The van der Waals surface area contributed by atoms with Crippen LogP contribution in [0.1, 0.15) is 42.4 Å². The molecule has 0 bridgehead atoms. The van der Waals surface area contributed by atoms with E-state index in [-0.39, 0.29) is 36.1 Å². The van der Waals surface area contributed by atoms with Crippen LogP contribution in [0.15, 0.2) is 47.4 Å². The fourth-order valence-electron chi connectivity index (χ4n) is 4.63. The van der Waals surface area contributed by atoms with Gasteiger partial charge in [0.25, 0.3) is 0 Å². The van der Waals surface area contributed by atoms with Crippen LogP contribution in [0.2, 0.25) is 0 Å². The van der Waals surface area contributed by atoms with E-state index in [9.17, 15) is 27.9 Å². The van der Waals surface area contributed by atoms with Gasteiger partial charge in [-0.05, 0) is 74.1 Å². The Bertz CT molecular complexity index is 1340. The Morgan fingerprint density at radius 3 is 2.38 bits per heavy atom. The Labute approximate surface area is 233 Å². The fraction of sp³-hybridized carbons (Fsp3) is 0.407. The van der Waals surface area contributed by atoms with Crippen molar-refractivity contribution < 1.29 is 27.9 Å². The van der Waals surface area contributed by atoms with Gasteiger partial charge < -0.3 is 26.8 Å². The van der Waals surface area contributed by atoms with Gasteiger partial charge in [0.05, 0.1) is 4.90 Å². The lowest BCUT2D eigenvalue weighted by Gasteiger charge is -2.25. The monoisotopic (exact) mass is 572 g/mol. The third kappa shape index (κ3) is 8.26. The summed E-state index contributed by atoms with van der Waals surface area (Å²) in [5.41, 5.74) is 7.92. The number of amides is 2. The second-order valence-electron chi connectivity index (χ2n) is 9.89. The van der Waals surface area contributed by atoms with E-state index in [1.807, 2.05) is 6.07 Å². The molecule has 1 heterocycles. The molecule has 0 aliphatic carbocycles. The number of rotatable bonds is 12. The predicted octanol–water partition coefficient (Wildman–Crippen LogP) is 1.47. The van der Waals surface area contributed by atoms with Crippen molar-refractivity contribution in [2.24, 2.45) is 5.73 Å². The van der Waals surface area contributed by atoms with E-state index in [0.29, 0.717) is 37.1 Å². The van der Waals surface area contributed by atoms with Crippen LogP contribution in [0.5, 0.6) is 0 Å². The number of carbonyl (C=O) groups is 3. The third-order valence-electron chi connectivity index (χ3n) is 6.50. The molecule has 0 radical (unpaired) electrons. The molecular weight excluding hydrogens is 536 g/mol. The van der Waals surface area contributed by atoms with Gasteiger partial charge in [0.15, 0.2) is 5.96 Å². The summed E-state index contributed by atoms with van der Waals surface area (Å²) in [6.45, 7) is 4.18. The molecule has 2 amide bonds. The summed E-state index contributed by atoms with van der Waals surface area (Å²) in [6, 6.07) is 9.29. The van der Waals surface area contributed by atoms with Crippen LogP contribution in [0.25, 0.3) is 0 Å². The quantitative estimate of drug-likeness (QED) is 0.125. The number of aliphatic carboxylic acids is 1. The minimum Gasteiger partial charge on any atom is -0.480 e. The molecule has 1 aliphatic rings. The van der Waals surface area contributed by atoms with E-state index in [2.05, 4.69) is 16.0 Å². The van der Waals surface area contributed by atoms with Crippen molar-refractivity contribution in [3.05, 3.63) is 59.2 Å². The van der Waals surface area contributed by atoms with Crippen molar-refractivity contribution in [3.63, 3.8) is 0 Å². The average Bonchev–Trinajstić information content (AvgIpc) is 3.38. The number of hydrogen-bond acceptors (Lipinski definition) is 6. The highest BCUT2D eigenvalue weighted by atomic mass is 32.2. The van der Waals surface area contributed by atoms with Crippen LogP contribution in [-0.2, 0) is 30.8 Å². The first-order chi connectivity index (χ1) is 18.9. The molecule has 3 rings (SSSR count). The Hall–Kier alpha value is -3.97. The van der Waals surface area contributed by atoms with Gasteiger partial charge in [0.2, 0.25) is 21.8 Å². The Balaban J connectivity index is 1.62. The van der Waals surface area contributed by atoms with Crippen LogP contribution in [0.3, 0.4) is 0 Å². The molecule has 2 aromatic rings. The Kier molecular flexibility index (Phi) is 10.2. The van der Waals surface area contributed by atoms with Crippen LogP contribution in [-0.4, -0.2) is 66.7 Å². The standard InChI is InChI=1S/C27H36N6O6S/c1-17-13-18(2)15-21(14-17)40(38,39)33-12-4-5-23(33)25(35)32-22(26(36)37)16-19-7-9-20(10-8-19)31-24(34)6-3-11-30-27(28)29/h7-10,13-15,22-23H,3-6,11-12,16H2,1-2H3,(H,31,34)(H,32,35)(H,36,37)(H4,28,29,30)/t22-,23-/m0/s1. The van der Waals surface area contributed by atoms with E-state index in [4.69, 9.17) is 11.1 Å². The minimum atomic E-state index is -3.95. The maximum Gasteiger partial charge on any atom is 0.326 e. The van der Waals surface area contributed by atoms with Crippen molar-refractivity contribution in [1.82, 2.24) is 14.9 Å². The number of anilines is 1. The molecule has 1 fully saturated rings. The van der Waals surface area contributed by atoms with E-state index in [1.165, 1.54) is 0 Å². The highest BCUT2D eigenvalue weighted by Crippen LogP contribution is 2.27. The van der Waals surface area contributed by atoms with E-state index in [1.54, 1.807) is 50.2 Å². The van der Waals surface area contributed by atoms with Gasteiger partial charge in [-0.2, -0.15) is 4.31 Å². The lowest BCUT2D eigenvalue weighted by molar-refractivity contribution is -0.142. The predicted molar refractivity (Wildman–Crippen MR) is 150 cm³/mol. The van der Waals surface area contributed by atoms with Gasteiger partial charge in [-0.3, -0.25) is 15.0 Å². The molecule has 40 heavy (non-hydrogen) atoms. The zero-order valence-electron chi connectivity index (χ0n) is 22.6. The van der Waals surface area contributed by atoms with E-state index >= 15 is 0 Å². The first kappa shape index (κ1) is 30.6. The summed E-state index contributed by atoms with van der Waals surface area (Å²) < 4.78 is 27.9. The number of hydrogen-bond donors (Lipinski definition) is 6. The second-order valence-corrected chi connectivity index (χ2v) is 11.8. The first-order valence-electron chi connectivity index (χ1n) is 13.0. The van der Waals surface area contributed by atoms with Gasteiger partial charge in [-0.15, -0.1) is 0 Å². The van der Waals surface area contributed by atoms with Gasteiger partial charge in [-0.25, -0.2) is 13.2 Å². The van der Waals surface area contributed by atoms with Gasteiger partial charge in [0, 0.05) is 31.6 Å². The number of nitrogens with zero attached hydrogens (tertiary/aromatic N) is 1. The normalized spacial score (nSPS) is 16.2.